The van der Waals surface area contributed by atoms with Crippen LogP contribution in [0.3, 0.4) is 0 Å². The van der Waals surface area contributed by atoms with Gasteiger partial charge < -0.3 is 9.47 Å². The van der Waals surface area contributed by atoms with Crippen LogP contribution < -0.4 is 0 Å². The summed E-state index contributed by atoms with van der Waals surface area (Å²) in [6, 6.07) is 20.9. The fourth-order valence-electron chi connectivity index (χ4n) is 5.59. The highest BCUT2D eigenvalue weighted by Gasteiger charge is 2.34. The third-order valence-corrected chi connectivity index (χ3v) is 7.72. The lowest BCUT2D eigenvalue weighted by Crippen LogP contribution is -2.42. The molecule has 2 aliphatic heterocycles. The Morgan fingerprint density at radius 3 is 1.37 bits per heavy atom. The highest BCUT2D eigenvalue weighted by atomic mass is 16.5. The summed E-state index contributed by atoms with van der Waals surface area (Å²) in [7, 11) is 0. The number of hydrogen-bond acceptors (Lipinski definition) is 8. The standard InChI is InChI=1S/C33H26N2O8/c1-19(33(41)43-17-15-35-31(39)24-12-4-8-21-9-5-13-25(28(21)24)32(35)40)18-26(36)42-16-14-34-29(37)22-10-2-6-20-7-3-11-23(27(20)22)30(34)38/h2-13,19H,14-18H2,1H3/t19-/m1/s1. The van der Waals surface area contributed by atoms with Gasteiger partial charge in [0.1, 0.15) is 13.2 Å². The molecule has 2 heterocycles. The second-order valence-electron chi connectivity index (χ2n) is 10.4. The number of nitrogens with zero attached hydrogens (tertiary/aromatic N) is 2. The van der Waals surface area contributed by atoms with Crippen molar-refractivity contribution in [2.45, 2.75) is 13.3 Å². The lowest BCUT2D eigenvalue weighted by molar-refractivity contribution is -0.154. The number of esters is 2. The zero-order valence-electron chi connectivity index (χ0n) is 23.2. The highest BCUT2D eigenvalue weighted by molar-refractivity contribution is 6.26. The number of ether oxygens (including phenoxy) is 2. The molecule has 0 saturated heterocycles. The molecule has 0 radical (unpaired) electrons. The van der Waals surface area contributed by atoms with Crippen LogP contribution in [0.5, 0.6) is 0 Å². The molecule has 6 rings (SSSR count). The summed E-state index contributed by atoms with van der Waals surface area (Å²) in [6.07, 6.45) is -0.292. The molecule has 10 heteroatoms. The fraction of sp³-hybridized carbons (Fsp3) is 0.212. The molecule has 1 atom stereocenters. The van der Waals surface area contributed by atoms with E-state index >= 15 is 0 Å². The molecule has 10 nitrogen and oxygen atoms in total. The number of imide groups is 2. The van der Waals surface area contributed by atoms with Gasteiger partial charge in [0, 0.05) is 33.0 Å². The molecule has 0 saturated carbocycles. The molecular weight excluding hydrogens is 552 g/mol. The van der Waals surface area contributed by atoms with Crippen LogP contribution >= 0.6 is 0 Å². The number of rotatable bonds is 9. The SMILES string of the molecule is C[C@H](CC(=O)OCCN1C(=O)c2cccc3cccc(c23)C1=O)C(=O)OCCN1C(=O)c2cccc3cccc(c23)C1=O. The molecule has 216 valence electrons. The Morgan fingerprint density at radius 2 is 0.977 bits per heavy atom. The summed E-state index contributed by atoms with van der Waals surface area (Å²) in [5.41, 5.74) is 1.63. The first-order chi connectivity index (χ1) is 20.8. The van der Waals surface area contributed by atoms with Gasteiger partial charge in [-0.2, -0.15) is 0 Å². The van der Waals surface area contributed by atoms with Gasteiger partial charge >= 0.3 is 11.9 Å². The molecule has 4 aromatic carbocycles. The summed E-state index contributed by atoms with van der Waals surface area (Å²) < 4.78 is 10.5. The smallest absolute Gasteiger partial charge is 0.309 e. The van der Waals surface area contributed by atoms with E-state index in [0.717, 1.165) is 20.6 Å². The van der Waals surface area contributed by atoms with Gasteiger partial charge in [-0.1, -0.05) is 55.5 Å². The van der Waals surface area contributed by atoms with E-state index in [1.807, 2.05) is 24.3 Å². The van der Waals surface area contributed by atoms with E-state index in [9.17, 15) is 28.8 Å². The molecule has 0 bridgehead atoms. The molecule has 2 aliphatic rings. The van der Waals surface area contributed by atoms with Gasteiger partial charge in [-0.25, -0.2) is 0 Å². The topological polar surface area (TPSA) is 127 Å². The monoisotopic (exact) mass is 578 g/mol. The number of benzene rings is 4. The van der Waals surface area contributed by atoms with Crippen molar-refractivity contribution in [3.8, 4) is 0 Å². The maximum absolute atomic E-state index is 13.0. The van der Waals surface area contributed by atoms with Crippen molar-refractivity contribution in [3.63, 3.8) is 0 Å². The Morgan fingerprint density at radius 1 is 0.605 bits per heavy atom. The number of carbonyl (C=O) groups excluding carboxylic acids is 6. The Hall–Kier alpha value is -5.38. The van der Waals surface area contributed by atoms with Crippen LogP contribution in [-0.4, -0.2) is 71.7 Å². The predicted octanol–water partition coefficient (Wildman–Crippen LogP) is 4.00. The molecule has 0 aliphatic carbocycles. The third kappa shape index (κ3) is 4.90. The molecule has 0 spiro atoms. The molecule has 0 unspecified atom stereocenters. The summed E-state index contributed by atoms with van der Waals surface area (Å²) in [6.45, 7) is 0.750. The van der Waals surface area contributed by atoms with Gasteiger partial charge in [-0.05, 0) is 35.0 Å². The first kappa shape index (κ1) is 27.8. The molecule has 4 aromatic rings. The Kier molecular flexibility index (Phi) is 7.19. The van der Waals surface area contributed by atoms with Crippen molar-refractivity contribution >= 4 is 57.1 Å². The van der Waals surface area contributed by atoms with E-state index in [1.165, 1.54) is 6.92 Å². The Labute approximate surface area is 245 Å². The lowest BCUT2D eigenvalue weighted by atomic mass is 9.94. The van der Waals surface area contributed by atoms with E-state index in [4.69, 9.17) is 9.47 Å². The Balaban J connectivity index is 0.982. The van der Waals surface area contributed by atoms with Crippen molar-refractivity contribution in [3.05, 3.63) is 95.1 Å². The minimum absolute atomic E-state index is 0.137. The summed E-state index contributed by atoms with van der Waals surface area (Å²) in [5.74, 6) is -4.11. The quantitative estimate of drug-likeness (QED) is 0.215. The average Bonchev–Trinajstić information content (AvgIpc) is 3.01. The van der Waals surface area contributed by atoms with Gasteiger partial charge in [0.25, 0.3) is 23.6 Å². The zero-order chi connectivity index (χ0) is 30.2. The molecule has 43 heavy (non-hydrogen) atoms. The van der Waals surface area contributed by atoms with E-state index in [1.54, 1.807) is 48.5 Å². The highest BCUT2D eigenvalue weighted by Crippen LogP contribution is 2.31. The zero-order valence-corrected chi connectivity index (χ0v) is 23.2. The summed E-state index contributed by atoms with van der Waals surface area (Å²) in [5, 5.41) is 2.80. The molecule has 4 amide bonds. The van der Waals surface area contributed by atoms with Crippen LogP contribution in [0.4, 0.5) is 0 Å². The van der Waals surface area contributed by atoms with Crippen LogP contribution in [0.2, 0.25) is 0 Å². The van der Waals surface area contributed by atoms with E-state index in [-0.39, 0.29) is 32.7 Å². The van der Waals surface area contributed by atoms with Crippen LogP contribution in [0.25, 0.3) is 21.5 Å². The van der Waals surface area contributed by atoms with Gasteiger partial charge in [0.05, 0.1) is 25.4 Å². The van der Waals surface area contributed by atoms with Crippen molar-refractivity contribution in [2.24, 2.45) is 5.92 Å². The summed E-state index contributed by atoms with van der Waals surface area (Å²) in [4.78, 5) is 79.0. The second kappa shape index (κ2) is 11.1. The number of carbonyl (C=O) groups is 6. The average molecular weight is 579 g/mol. The van der Waals surface area contributed by atoms with E-state index in [2.05, 4.69) is 0 Å². The van der Waals surface area contributed by atoms with Gasteiger partial charge in [-0.15, -0.1) is 0 Å². The minimum atomic E-state index is -0.863. The van der Waals surface area contributed by atoms with Crippen LogP contribution in [0.15, 0.2) is 72.8 Å². The van der Waals surface area contributed by atoms with Crippen LogP contribution in [-0.2, 0) is 19.1 Å². The second-order valence-corrected chi connectivity index (χ2v) is 10.4. The Bertz CT molecular complexity index is 1760. The van der Waals surface area contributed by atoms with Crippen molar-refractivity contribution in [1.29, 1.82) is 0 Å². The first-order valence-corrected chi connectivity index (χ1v) is 13.8. The maximum atomic E-state index is 13.0. The summed E-state index contributed by atoms with van der Waals surface area (Å²) >= 11 is 0. The predicted molar refractivity (Wildman–Crippen MR) is 154 cm³/mol. The van der Waals surface area contributed by atoms with Crippen LogP contribution in [0.1, 0.15) is 54.8 Å². The first-order valence-electron chi connectivity index (χ1n) is 13.8. The van der Waals surface area contributed by atoms with Gasteiger partial charge in [0.15, 0.2) is 0 Å². The van der Waals surface area contributed by atoms with Gasteiger partial charge in [0.2, 0.25) is 0 Å². The van der Waals surface area contributed by atoms with Crippen molar-refractivity contribution < 1.29 is 38.2 Å². The molecule has 0 aromatic heterocycles. The largest absolute Gasteiger partial charge is 0.464 e. The van der Waals surface area contributed by atoms with Crippen molar-refractivity contribution in [2.75, 3.05) is 26.3 Å². The van der Waals surface area contributed by atoms with Gasteiger partial charge in [-0.3, -0.25) is 38.6 Å². The number of hydrogen-bond donors (Lipinski definition) is 0. The van der Waals surface area contributed by atoms with E-state index in [0.29, 0.717) is 33.0 Å². The van der Waals surface area contributed by atoms with Crippen molar-refractivity contribution in [1.82, 2.24) is 9.80 Å². The van der Waals surface area contributed by atoms with E-state index < -0.39 is 41.5 Å². The maximum Gasteiger partial charge on any atom is 0.309 e. The molecular formula is C33H26N2O8. The fourth-order valence-corrected chi connectivity index (χ4v) is 5.59. The third-order valence-electron chi connectivity index (χ3n) is 7.72. The minimum Gasteiger partial charge on any atom is -0.464 e. The number of amides is 4. The molecule has 0 fully saturated rings. The molecule has 0 N–H and O–H groups in total. The normalized spacial score (nSPS) is 14.8. The van der Waals surface area contributed by atoms with Crippen LogP contribution in [0, 0.1) is 5.92 Å². The lowest BCUT2D eigenvalue weighted by Gasteiger charge is -2.27.